The van der Waals surface area contributed by atoms with E-state index < -0.39 is 11.7 Å². The Balaban J connectivity index is 1.42. The van der Waals surface area contributed by atoms with Gasteiger partial charge < -0.3 is 14.6 Å². The topological polar surface area (TPSA) is 64.4 Å². The van der Waals surface area contributed by atoms with E-state index in [0.29, 0.717) is 13.2 Å². The summed E-state index contributed by atoms with van der Waals surface area (Å²) in [6.07, 6.45) is 0. The van der Waals surface area contributed by atoms with Crippen molar-refractivity contribution >= 4 is 17.5 Å². The summed E-state index contributed by atoms with van der Waals surface area (Å²) in [6.45, 7) is 2.86. The number of hydrogen-bond acceptors (Lipinski definition) is 4. The molecular weight excluding hydrogens is 443 g/mol. The number of ether oxygens (including phenoxy) is 1. The van der Waals surface area contributed by atoms with E-state index in [1.807, 2.05) is 54.6 Å². The summed E-state index contributed by atoms with van der Waals surface area (Å²) in [7, 11) is 0. The second kappa shape index (κ2) is 10.4. The zero-order valence-corrected chi connectivity index (χ0v) is 18.7. The van der Waals surface area contributed by atoms with E-state index in [1.54, 1.807) is 6.92 Å². The lowest BCUT2D eigenvalue weighted by atomic mass is 10.0. The summed E-state index contributed by atoms with van der Waals surface area (Å²) < 4.78 is 25.4. The predicted molar refractivity (Wildman–Crippen MR) is 124 cm³/mol. The van der Waals surface area contributed by atoms with Crippen molar-refractivity contribution in [3.8, 4) is 11.3 Å². The van der Waals surface area contributed by atoms with Crippen molar-refractivity contribution in [3.05, 3.63) is 112 Å². The number of aryl methyl sites for hydroxylation is 1. The normalized spacial score (nSPS) is 10.9. The fourth-order valence-electron chi connectivity index (χ4n) is 3.50. The van der Waals surface area contributed by atoms with Crippen LogP contribution in [0.25, 0.3) is 11.3 Å². The zero-order chi connectivity index (χ0) is 23.2. The molecule has 0 aliphatic carbocycles. The minimum Gasteiger partial charge on any atom is -0.372 e. The van der Waals surface area contributed by atoms with Crippen molar-refractivity contribution in [1.82, 2.24) is 10.5 Å². The number of carbonyl (C=O) groups is 1. The average Bonchev–Trinajstić information content (AvgIpc) is 3.19. The number of hydrogen-bond donors (Lipinski definition) is 1. The van der Waals surface area contributed by atoms with Gasteiger partial charge >= 0.3 is 0 Å². The van der Waals surface area contributed by atoms with Crippen LogP contribution in [0.3, 0.4) is 0 Å². The van der Waals surface area contributed by atoms with Crippen LogP contribution >= 0.6 is 11.6 Å². The van der Waals surface area contributed by atoms with Crippen molar-refractivity contribution in [2.45, 2.75) is 26.7 Å². The van der Waals surface area contributed by atoms with Crippen LogP contribution in [0, 0.1) is 12.7 Å². The van der Waals surface area contributed by atoms with E-state index in [9.17, 15) is 9.18 Å². The van der Waals surface area contributed by atoms with Gasteiger partial charge in [-0.3, -0.25) is 4.79 Å². The van der Waals surface area contributed by atoms with Crippen LogP contribution in [0.2, 0.25) is 5.02 Å². The molecule has 0 aliphatic heterocycles. The van der Waals surface area contributed by atoms with Crippen LogP contribution in [0.1, 0.15) is 32.8 Å². The third-order valence-electron chi connectivity index (χ3n) is 5.11. The van der Waals surface area contributed by atoms with E-state index in [2.05, 4.69) is 10.5 Å². The third kappa shape index (κ3) is 5.48. The predicted octanol–water partition coefficient (Wildman–Crippen LogP) is 6.09. The van der Waals surface area contributed by atoms with Crippen LogP contribution in [0.4, 0.5) is 4.39 Å². The van der Waals surface area contributed by atoms with Gasteiger partial charge in [-0.1, -0.05) is 77.4 Å². The number of benzene rings is 3. The molecule has 7 heteroatoms. The summed E-state index contributed by atoms with van der Waals surface area (Å²) in [5.41, 5.74) is 3.29. The quantitative estimate of drug-likeness (QED) is 0.342. The summed E-state index contributed by atoms with van der Waals surface area (Å²) in [6, 6.07) is 22.0. The Kier molecular flexibility index (Phi) is 7.17. The first-order valence-corrected chi connectivity index (χ1v) is 10.8. The molecule has 5 nitrogen and oxygen atoms in total. The number of carbonyl (C=O) groups excluding carboxylic acids is 1. The van der Waals surface area contributed by atoms with Gasteiger partial charge in [0.25, 0.3) is 5.91 Å². The first kappa shape index (κ1) is 22.7. The molecule has 1 amide bonds. The first-order valence-electron chi connectivity index (χ1n) is 10.4. The lowest BCUT2D eigenvalue weighted by Crippen LogP contribution is -2.23. The Morgan fingerprint density at radius 3 is 2.48 bits per heavy atom. The molecule has 4 rings (SSSR count). The first-order chi connectivity index (χ1) is 16.0. The molecule has 0 fully saturated rings. The highest BCUT2D eigenvalue weighted by atomic mass is 35.5. The smallest absolute Gasteiger partial charge is 0.257 e. The second-order valence-corrected chi connectivity index (χ2v) is 7.95. The lowest BCUT2D eigenvalue weighted by Gasteiger charge is -2.09. The molecule has 0 atom stereocenters. The highest BCUT2D eigenvalue weighted by molar-refractivity contribution is 6.33. The number of halogens is 2. The van der Waals surface area contributed by atoms with E-state index in [4.69, 9.17) is 20.9 Å². The van der Waals surface area contributed by atoms with Gasteiger partial charge in [0.05, 0.1) is 23.8 Å². The van der Waals surface area contributed by atoms with Crippen molar-refractivity contribution in [2.75, 3.05) is 0 Å². The Hall–Kier alpha value is -3.48. The number of amides is 1. The van der Waals surface area contributed by atoms with E-state index in [0.717, 1.165) is 16.7 Å². The number of rotatable bonds is 8. The summed E-state index contributed by atoms with van der Waals surface area (Å²) >= 11 is 6.16. The molecule has 0 saturated carbocycles. The molecule has 33 heavy (non-hydrogen) atoms. The van der Waals surface area contributed by atoms with Gasteiger partial charge in [0.1, 0.15) is 22.8 Å². The standard InChI is InChI=1S/C26H22ClFN2O3/c1-17-23(25(30-33-17)24-21(27)11-6-12-22(24)28)26(31)29-14-19-9-5-10-20(13-19)16-32-15-18-7-3-2-4-8-18/h2-13H,14-16H2,1H3,(H,29,31). The highest BCUT2D eigenvalue weighted by Crippen LogP contribution is 2.33. The zero-order valence-electron chi connectivity index (χ0n) is 18.0. The molecule has 4 aromatic rings. The third-order valence-corrected chi connectivity index (χ3v) is 5.43. The van der Waals surface area contributed by atoms with E-state index in [1.165, 1.54) is 18.2 Å². The lowest BCUT2D eigenvalue weighted by molar-refractivity contribution is 0.0950. The van der Waals surface area contributed by atoms with Crippen LogP contribution < -0.4 is 5.32 Å². The average molecular weight is 465 g/mol. The van der Waals surface area contributed by atoms with Gasteiger partial charge in [0.2, 0.25) is 0 Å². The van der Waals surface area contributed by atoms with Crippen LogP contribution in [0.15, 0.2) is 77.3 Å². The minimum absolute atomic E-state index is 0.0405. The fourth-order valence-corrected chi connectivity index (χ4v) is 3.75. The highest BCUT2D eigenvalue weighted by Gasteiger charge is 2.25. The van der Waals surface area contributed by atoms with Crippen molar-refractivity contribution in [1.29, 1.82) is 0 Å². The molecule has 0 radical (unpaired) electrons. The molecule has 0 saturated heterocycles. The summed E-state index contributed by atoms with van der Waals surface area (Å²) in [5.74, 6) is -0.716. The Labute approximate surface area is 196 Å². The molecule has 0 aliphatic rings. The molecule has 168 valence electrons. The van der Waals surface area contributed by atoms with Crippen LogP contribution in [-0.4, -0.2) is 11.1 Å². The van der Waals surface area contributed by atoms with Gasteiger partial charge in [-0.2, -0.15) is 0 Å². The van der Waals surface area contributed by atoms with Gasteiger partial charge in [0, 0.05) is 6.54 Å². The fraction of sp³-hybridized carbons (Fsp3) is 0.154. The molecule has 1 aromatic heterocycles. The molecule has 3 aromatic carbocycles. The maximum atomic E-state index is 14.4. The largest absolute Gasteiger partial charge is 0.372 e. The Morgan fingerprint density at radius 2 is 1.70 bits per heavy atom. The molecule has 0 bridgehead atoms. The molecule has 0 unspecified atom stereocenters. The maximum absolute atomic E-state index is 14.4. The SMILES string of the molecule is Cc1onc(-c2c(F)cccc2Cl)c1C(=O)NCc1cccc(COCc2ccccc2)c1. The minimum atomic E-state index is -0.576. The summed E-state index contributed by atoms with van der Waals surface area (Å²) in [4.78, 5) is 12.9. The van der Waals surface area contributed by atoms with E-state index >= 15 is 0 Å². The van der Waals surface area contributed by atoms with Gasteiger partial charge in [-0.15, -0.1) is 0 Å². The van der Waals surface area contributed by atoms with Crippen molar-refractivity contribution < 1.29 is 18.4 Å². The Morgan fingerprint density at radius 1 is 1.00 bits per heavy atom. The van der Waals surface area contributed by atoms with Gasteiger partial charge in [0.15, 0.2) is 0 Å². The van der Waals surface area contributed by atoms with Crippen LogP contribution in [-0.2, 0) is 24.5 Å². The number of aromatic nitrogens is 1. The van der Waals surface area contributed by atoms with Crippen LogP contribution in [0.5, 0.6) is 0 Å². The molecule has 1 N–H and O–H groups in total. The summed E-state index contributed by atoms with van der Waals surface area (Å²) in [5, 5.41) is 6.89. The maximum Gasteiger partial charge on any atom is 0.257 e. The van der Waals surface area contributed by atoms with Crippen molar-refractivity contribution in [2.24, 2.45) is 0 Å². The second-order valence-electron chi connectivity index (χ2n) is 7.54. The monoisotopic (exact) mass is 464 g/mol. The molecular formula is C26H22ClFN2O3. The molecule has 0 spiro atoms. The molecule has 1 heterocycles. The Bertz CT molecular complexity index is 1240. The number of nitrogens with one attached hydrogen (secondary N) is 1. The van der Waals surface area contributed by atoms with Gasteiger partial charge in [-0.05, 0) is 35.7 Å². The van der Waals surface area contributed by atoms with Crippen molar-refractivity contribution in [3.63, 3.8) is 0 Å². The number of nitrogens with zero attached hydrogens (tertiary/aromatic N) is 1. The van der Waals surface area contributed by atoms with Gasteiger partial charge in [-0.25, -0.2) is 4.39 Å². The van der Waals surface area contributed by atoms with E-state index in [-0.39, 0.29) is 34.1 Å².